The van der Waals surface area contributed by atoms with Crippen LogP contribution < -0.4 is 14.8 Å². The lowest BCUT2D eigenvalue weighted by molar-refractivity contribution is -0.137. The molecule has 4 rings (SSSR count). The Morgan fingerprint density at radius 3 is 2.24 bits per heavy atom. The highest BCUT2D eigenvalue weighted by molar-refractivity contribution is 7.92. The fraction of sp³-hybridized carbons (Fsp3) is 0.148. The molecule has 0 aliphatic rings. The largest absolute Gasteiger partial charge is 0.481 e. The zero-order valence-electron chi connectivity index (χ0n) is 19.6. The smallest absolute Gasteiger partial charge is 0.416 e. The van der Waals surface area contributed by atoms with Gasteiger partial charge >= 0.3 is 6.18 Å². The SMILES string of the molecule is CC[C@@H](Oc1ccc2ccccc2c1)C(=O)Nc1ccc(S(=O)(=O)Nc2cccc(C(F)(F)F)c2)cc1. The van der Waals surface area contributed by atoms with Crippen LogP contribution in [-0.2, 0) is 21.0 Å². The van der Waals surface area contributed by atoms with Crippen molar-refractivity contribution in [3.63, 3.8) is 0 Å². The number of sulfonamides is 1. The van der Waals surface area contributed by atoms with Crippen molar-refractivity contribution in [3.8, 4) is 5.75 Å². The molecule has 192 valence electrons. The molecule has 6 nitrogen and oxygen atoms in total. The van der Waals surface area contributed by atoms with E-state index < -0.39 is 33.8 Å². The number of ether oxygens (including phenoxy) is 1. The van der Waals surface area contributed by atoms with Crippen LogP contribution in [0.15, 0.2) is 95.9 Å². The monoisotopic (exact) mass is 528 g/mol. The minimum absolute atomic E-state index is 0.178. The highest BCUT2D eigenvalue weighted by Gasteiger charge is 2.30. The summed E-state index contributed by atoms with van der Waals surface area (Å²) in [5, 5.41) is 4.72. The third-order valence-corrected chi connectivity index (χ3v) is 6.93. The Balaban J connectivity index is 1.42. The zero-order chi connectivity index (χ0) is 26.6. The zero-order valence-corrected chi connectivity index (χ0v) is 20.4. The number of carbonyl (C=O) groups excluding carboxylic acids is 1. The second kappa shape index (κ2) is 10.5. The van der Waals surface area contributed by atoms with Gasteiger partial charge in [-0.25, -0.2) is 8.42 Å². The quantitative estimate of drug-likeness (QED) is 0.275. The van der Waals surface area contributed by atoms with Crippen molar-refractivity contribution in [2.24, 2.45) is 0 Å². The molecule has 0 radical (unpaired) electrons. The molecule has 0 aliphatic carbocycles. The Kier molecular flexibility index (Phi) is 7.40. The summed E-state index contributed by atoms with van der Waals surface area (Å²) in [6.45, 7) is 1.81. The highest BCUT2D eigenvalue weighted by atomic mass is 32.2. The van der Waals surface area contributed by atoms with Crippen molar-refractivity contribution in [1.29, 1.82) is 0 Å². The van der Waals surface area contributed by atoms with Gasteiger partial charge in [-0.3, -0.25) is 9.52 Å². The lowest BCUT2D eigenvalue weighted by Crippen LogP contribution is -2.32. The second-order valence-electron chi connectivity index (χ2n) is 8.22. The van der Waals surface area contributed by atoms with Crippen LogP contribution in [-0.4, -0.2) is 20.4 Å². The van der Waals surface area contributed by atoms with E-state index >= 15 is 0 Å². The van der Waals surface area contributed by atoms with Crippen molar-refractivity contribution < 1.29 is 31.1 Å². The van der Waals surface area contributed by atoms with Gasteiger partial charge in [0, 0.05) is 11.4 Å². The predicted octanol–water partition coefficient (Wildman–Crippen LogP) is 6.46. The summed E-state index contributed by atoms with van der Waals surface area (Å²) in [5.41, 5.74) is -0.852. The molecule has 10 heteroatoms. The third-order valence-electron chi connectivity index (χ3n) is 5.54. The number of rotatable bonds is 8. The van der Waals surface area contributed by atoms with Gasteiger partial charge in [0.2, 0.25) is 0 Å². The first-order valence-corrected chi connectivity index (χ1v) is 12.8. The van der Waals surface area contributed by atoms with Gasteiger partial charge in [0.25, 0.3) is 15.9 Å². The summed E-state index contributed by atoms with van der Waals surface area (Å²) in [4.78, 5) is 12.6. The second-order valence-corrected chi connectivity index (χ2v) is 9.90. The highest BCUT2D eigenvalue weighted by Crippen LogP contribution is 2.31. The van der Waals surface area contributed by atoms with Crippen molar-refractivity contribution in [2.45, 2.75) is 30.5 Å². The van der Waals surface area contributed by atoms with Crippen molar-refractivity contribution in [2.75, 3.05) is 10.0 Å². The average molecular weight is 529 g/mol. The summed E-state index contributed by atoms with van der Waals surface area (Å²) in [6, 6.07) is 22.5. The maximum Gasteiger partial charge on any atom is 0.416 e. The number of amides is 1. The van der Waals surface area contributed by atoms with Gasteiger partial charge in [0.05, 0.1) is 10.5 Å². The van der Waals surface area contributed by atoms with E-state index in [1.165, 1.54) is 30.3 Å². The van der Waals surface area contributed by atoms with Gasteiger partial charge in [-0.15, -0.1) is 0 Å². The van der Waals surface area contributed by atoms with Crippen LogP contribution in [0.2, 0.25) is 0 Å². The number of fused-ring (bicyclic) bond motifs is 1. The molecule has 4 aromatic rings. The Morgan fingerprint density at radius 1 is 0.865 bits per heavy atom. The summed E-state index contributed by atoms with van der Waals surface area (Å²) < 4.78 is 72.1. The van der Waals surface area contributed by atoms with Crippen LogP contribution in [0.25, 0.3) is 10.8 Å². The number of hydrogen-bond acceptors (Lipinski definition) is 4. The molecule has 4 aromatic carbocycles. The molecule has 1 amide bonds. The van der Waals surface area contributed by atoms with Gasteiger partial charge in [0.1, 0.15) is 5.75 Å². The van der Waals surface area contributed by atoms with E-state index in [4.69, 9.17) is 4.74 Å². The molecule has 2 N–H and O–H groups in total. The molecule has 37 heavy (non-hydrogen) atoms. The molecule has 0 unspecified atom stereocenters. The fourth-order valence-corrected chi connectivity index (χ4v) is 4.69. The summed E-state index contributed by atoms with van der Waals surface area (Å²) in [5.74, 6) is 0.135. The van der Waals surface area contributed by atoms with E-state index in [0.29, 0.717) is 23.9 Å². The maximum absolute atomic E-state index is 12.9. The lowest BCUT2D eigenvalue weighted by Gasteiger charge is -2.18. The summed E-state index contributed by atoms with van der Waals surface area (Å²) in [7, 11) is -4.16. The van der Waals surface area contributed by atoms with E-state index in [9.17, 15) is 26.4 Å². The Labute approximate surface area is 212 Å². The van der Waals surface area contributed by atoms with E-state index in [2.05, 4.69) is 10.0 Å². The summed E-state index contributed by atoms with van der Waals surface area (Å²) in [6.07, 6.45) is -4.99. The number of carbonyl (C=O) groups is 1. The fourth-order valence-electron chi connectivity index (χ4n) is 3.64. The Hall–Kier alpha value is -4.05. The topological polar surface area (TPSA) is 84.5 Å². The minimum Gasteiger partial charge on any atom is -0.481 e. The van der Waals surface area contributed by atoms with Crippen molar-refractivity contribution in [1.82, 2.24) is 0 Å². The van der Waals surface area contributed by atoms with Gasteiger partial charge < -0.3 is 10.1 Å². The molecule has 0 aromatic heterocycles. The Morgan fingerprint density at radius 2 is 1.57 bits per heavy atom. The lowest BCUT2D eigenvalue weighted by atomic mass is 10.1. The maximum atomic E-state index is 12.9. The number of hydrogen-bond donors (Lipinski definition) is 2. The molecule has 0 saturated carbocycles. The number of anilines is 2. The van der Waals surface area contributed by atoms with Crippen LogP contribution in [0.5, 0.6) is 5.75 Å². The van der Waals surface area contributed by atoms with E-state index in [1.807, 2.05) is 36.4 Å². The molecule has 0 saturated heterocycles. The van der Waals surface area contributed by atoms with Gasteiger partial charge in [-0.05, 0) is 71.8 Å². The molecule has 0 spiro atoms. The molecule has 1 atom stereocenters. The third kappa shape index (κ3) is 6.39. The first kappa shape index (κ1) is 26.0. The first-order valence-electron chi connectivity index (χ1n) is 11.3. The molecule has 0 fully saturated rings. The van der Waals surface area contributed by atoms with Crippen LogP contribution >= 0.6 is 0 Å². The summed E-state index contributed by atoms with van der Waals surface area (Å²) >= 11 is 0. The number of nitrogens with one attached hydrogen (secondary N) is 2. The number of halogens is 3. The molecular formula is C27H23F3N2O4S. The molecule has 0 aliphatic heterocycles. The number of benzene rings is 4. The van der Waals surface area contributed by atoms with Gasteiger partial charge in [-0.1, -0.05) is 43.3 Å². The molecular weight excluding hydrogens is 505 g/mol. The van der Waals surface area contributed by atoms with E-state index in [-0.39, 0.29) is 10.6 Å². The average Bonchev–Trinajstić information content (AvgIpc) is 2.87. The first-order chi connectivity index (χ1) is 17.5. The van der Waals surface area contributed by atoms with Gasteiger partial charge in [0.15, 0.2) is 6.10 Å². The van der Waals surface area contributed by atoms with E-state index in [1.54, 1.807) is 13.0 Å². The van der Waals surface area contributed by atoms with Gasteiger partial charge in [-0.2, -0.15) is 13.2 Å². The van der Waals surface area contributed by atoms with Crippen LogP contribution in [0.1, 0.15) is 18.9 Å². The normalized spacial score (nSPS) is 12.6. The van der Waals surface area contributed by atoms with Crippen LogP contribution in [0.3, 0.4) is 0 Å². The van der Waals surface area contributed by atoms with Crippen LogP contribution in [0, 0.1) is 0 Å². The van der Waals surface area contributed by atoms with Crippen molar-refractivity contribution >= 4 is 38.1 Å². The van der Waals surface area contributed by atoms with Crippen LogP contribution in [0.4, 0.5) is 24.5 Å². The Bertz CT molecular complexity index is 1520. The molecule has 0 bridgehead atoms. The minimum atomic E-state index is -4.60. The number of alkyl halides is 3. The van der Waals surface area contributed by atoms with Crippen molar-refractivity contribution in [3.05, 3.63) is 96.6 Å². The van der Waals surface area contributed by atoms with E-state index in [0.717, 1.165) is 22.9 Å². The molecule has 0 heterocycles. The standard InChI is InChI=1S/C27H23F3N2O4S/c1-2-25(36-23-13-10-18-6-3-4-7-19(18)16-23)26(33)31-21-11-14-24(15-12-21)37(34,35)32-22-9-5-8-20(17-22)27(28,29)30/h3-17,25,32H,2H2,1H3,(H,31,33)/t25-/m1/s1. The predicted molar refractivity (Wildman–Crippen MR) is 136 cm³/mol.